The molecule has 0 radical (unpaired) electrons. The Morgan fingerprint density at radius 2 is 1.95 bits per heavy atom. The lowest BCUT2D eigenvalue weighted by atomic mass is 9.92. The van der Waals surface area contributed by atoms with Gasteiger partial charge in [-0.05, 0) is 23.1 Å². The third-order valence-corrected chi connectivity index (χ3v) is 6.09. The van der Waals surface area contributed by atoms with Crippen molar-refractivity contribution in [1.29, 1.82) is 0 Å². The number of nitrogens with one attached hydrogen (secondary N) is 3. The normalized spacial score (nSPS) is 12.2. The molecule has 5 aromatic heterocycles. The molecule has 208 valence electrons. The first-order chi connectivity index (χ1) is 19.6. The second kappa shape index (κ2) is 11.2. The first kappa shape index (κ1) is 27.5. The largest absolute Gasteiger partial charge is 0.336 e. The highest BCUT2D eigenvalue weighted by molar-refractivity contribution is 5.97. The van der Waals surface area contributed by atoms with Gasteiger partial charge in [-0.2, -0.15) is 5.10 Å². The zero-order chi connectivity index (χ0) is 29.1. The monoisotopic (exact) mass is 554 g/mol. The summed E-state index contributed by atoms with van der Waals surface area (Å²) in [6, 6.07) is 3.38. The molecule has 41 heavy (non-hydrogen) atoms. The minimum atomic E-state index is -0.614. The standard InChI is InChI=1S/C30H28F2N8O/c1-17(8-6-5-7-10-31)25-27-20(9-11-34-25)37-29(38-27)28-23-21(39-40-28)16-35-26(24(23)32)18-12-19(15-33-14-18)36-22(41)13-30(2,3)4/h5-9,11-12,14-16H,1,10,13H2,2-4H3,(H,36,41)(H,37,38)(H,39,40)/b7-5-,8-6-. The Morgan fingerprint density at radius 3 is 2.73 bits per heavy atom. The first-order valence-electron chi connectivity index (χ1n) is 12.9. The molecule has 0 saturated heterocycles. The molecule has 1 amide bonds. The number of hydrogen-bond donors (Lipinski definition) is 3. The van der Waals surface area contributed by atoms with Gasteiger partial charge < -0.3 is 10.3 Å². The number of H-pyrrole nitrogens is 2. The van der Waals surface area contributed by atoms with E-state index in [-0.39, 0.29) is 28.1 Å². The number of aromatic amines is 2. The van der Waals surface area contributed by atoms with Gasteiger partial charge in [0.1, 0.15) is 23.6 Å². The van der Waals surface area contributed by atoms with Crippen LogP contribution in [0.2, 0.25) is 0 Å². The van der Waals surface area contributed by atoms with Gasteiger partial charge in [-0.1, -0.05) is 51.7 Å². The number of nitrogens with zero attached hydrogens (tertiary/aromatic N) is 5. The Labute approximate surface area is 234 Å². The predicted molar refractivity (Wildman–Crippen MR) is 156 cm³/mol. The number of carbonyl (C=O) groups is 1. The van der Waals surface area contributed by atoms with Crippen LogP contribution >= 0.6 is 0 Å². The number of aromatic nitrogens is 7. The number of carbonyl (C=O) groups excluding carboxylic acids is 1. The molecule has 3 N–H and O–H groups in total. The summed E-state index contributed by atoms with van der Waals surface area (Å²) >= 11 is 0. The summed E-state index contributed by atoms with van der Waals surface area (Å²) in [5.74, 6) is -0.449. The molecular weight excluding hydrogens is 526 g/mol. The average molecular weight is 555 g/mol. The van der Waals surface area contributed by atoms with Crippen molar-refractivity contribution in [1.82, 2.24) is 35.1 Å². The summed E-state index contributed by atoms with van der Waals surface area (Å²) in [5, 5.41) is 10.2. The van der Waals surface area contributed by atoms with Crippen LogP contribution in [0.25, 0.3) is 50.3 Å². The van der Waals surface area contributed by atoms with Gasteiger partial charge in [-0.3, -0.25) is 24.8 Å². The van der Waals surface area contributed by atoms with Crippen molar-refractivity contribution in [2.45, 2.75) is 27.2 Å². The molecule has 0 aliphatic rings. The first-order valence-corrected chi connectivity index (χ1v) is 12.9. The number of halogens is 2. The van der Waals surface area contributed by atoms with Crippen LogP contribution < -0.4 is 5.32 Å². The second-order valence-corrected chi connectivity index (χ2v) is 10.6. The molecule has 0 saturated carbocycles. The van der Waals surface area contributed by atoms with Crippen molar-refractivity contribution in [3.05, 3.63) is 79.3 Å². The van der Waals surface area contributed by atoms with Crippen molar-refractivity contribution in [2.75, 3.05) is 12.0 Å². The molecule has 0 unspecified atom stereocenters. The molecule has 0 bridgehead atoms. The predicted octanol–water partition coefficient (Wildman–Crippen LogP) is 6.57. The molecule has 5 heterocycles. The fourth-order valence-electron chi connectivity index (χ4n) is 4.34. The van der Waals surface area contributed by atoms with E-state index in [0.717, 1.165) is 0 Å². The maximum atomic E-state index is 16.1. The molecule has 0 spiro atoms. The Hall–Kier alpha value is -5.06. The Bertz CT molecular complexity index is 1830. The zero-order valence-electron chi connectivity index (χ0n) is 22.8. The topological polar surface area (TPSA) is 125 Å². The molecular formula is C30H28F2N8O. The van der Waals surface area contributed by atoms with Gasteiger partial charge >= 0.3 is 0 Å². The molecule has 0 aromatic carbocycles. The summed E-state index contributed by atoms with van der Waals surface area (Å²) in [7, 11) is 0. The third kappa shape index (κ3) is 5.93. The highest BCUT2D eigenvalue weighted by Crippen LogP contribution is 2.33. The number of fused-ring (bicyclic) bond motifs is 2. The summed E-state index contributed by atoms with van der Waals surface area (Å²) in [4.78, 5) is 33.2. The van der Waals surface area contributed by atoms with Crippen LogP contribution in [0.15, 0.2) is 67.8 Å². The quantitative estimate of drug-likeness (QED) is 0.186. The van der Waals surface area contributed by atoms with E-state index in [4.69, 9.17) is 0 Å². The van der Waals surface area contributed by atoms with E-state index in [1.54, 1.807) is 36.6 Å². The van der Waals surface area contributed by atoms with Crippen LogP contribution in [0.4, 0.5) is 14.5 Å². The SMILES string of the molecule is C=C(/C=C\C=C/CF)c1nccc2[nH]c(-c3n[nH]c4cnc(-c5cncc(NC(=O)CC(C)(C)C)c5)c(F)c34)nc12. The van der Waals surface area contributed by atoms with E-state index in [2.05, 4.69) is 47.0 Å². The van der Waals surface area contributed by atoms with Crippen LogP contribution in [0, 0.1) is 11.2 Å². The summed E-state index contributed by atoms with van der Waals surface area (Å²) < 4.78 is 28.4. The molecule has 9 nitrogen and oxygen atoms in total. The lowest BCUT2D eigenvalue weighted by Gasteiger charge is -2.17. The number of hydrogen-bond acceptors (Lipinski definition) is 6. The molecule has 0 atom stereocenters. The molecule has 0 aliphatic heterocycles. The van der Waals surface area contributed by atoms with Crippen molar-refractivity contribution in [3.8, 4) is 22.8 Å². The van der Waals surface area contributed by atoms with Crippen molar-refractivity contribution in [2.24, 2.45) is 5.41 Å². The number of amides is 1. The second-order valence-electron chi connectivity index (χ2n) is 10.6. The number of anilines is 1. The zero-order valence-corrected chi connectivity index (χ0v) is 22.8. The van der Waals surface area contributed by atoms with E-state index in [1.165, 1.54) is 24.7 Å². The maximum absolute atomic E-state index is 16.1. The van der Waals surface area contributed by atoms with E-state index in [9.17, 15) is 9.18 Å². The van der Waals surface area contributed by atoms with Crippen molar-refractivity contribution >= 4 is 39.1 Å². The Balaban J connectivity index is 1.52. The lowest BCUT2D eigenvalue weighted by Crippen LogP contribution is -2.19. The minimum absolute atomic E-state index is 0.0536. The minimum Gasteiger partial charge on any atom is -0.336 e. The smallest absolute Gasteiger partial charge is 0.224 e. The fourth-order valence-corrected chi connectivity index (χ4v) is 4.34. The number of allylic oxidation sites excluding steroid dienone is 5. The van der Waals surface area contributed by atoms with Gasteiger partial charge in [0.25, 0.3) is 0 Å². The lowest BCUT2D eigenvalue weighted by molar-refractivity contribution is -0.117. The van der Waals surface area contributed by atoms with Crippen molar-refractivity contribution < 1.29 is 13.6 Å². The summed E-state index contributed by atoms with van der Waals surface area (Å²) in [6.07, 6.45) is 12.7. The summed E-state index contributed by atoms with van der Waals surface area (Å²) in [5.41, 5.74) is 3.63. The van der Waals surface area contributed by atoms with Crippen LogP contribution in [0.1, 0.15) is 32.9 Å². The van der Waals surface area contributed by atoms with Crippen molar-refractivity contribution in [3.63, 3.8) is 0 Å². The number of imidazole rings is 1. The van der Waals surface area contributed by atoms with Crippen LogP contribution in [0.5, 0.6) is 0 Å². The van der Waals surface area contributed by atoms with Gasteiger partial charge in [0.15, 0.2) is 11.6 Å². The molecule has 5 rings (SSSR count). The molecule has 11 heteroatoms. The van der Waals surface area contributed by atoms with Crippen LogP contribution in [0.3, 0.4) is 0 Å². The van der Waals surface area contributed by atoms with Crippen LogP contribution in [-0.2, 0) is 4.79 Å². The van der Waals surface area contributed by atoms with E-state index in [1.807, 2.05) is 20.8 Å². The maximum Gasteiger partial charge on any atom is 0.224 e. The fraction of sp³-hybridized carbons (Fsp3) is 0.200. The molecule has 5 aromatic rings. The highest BCUT2D eigenvalue weighted by Gasteiger charge is 2.22. The summed E-state index contributed by atoms with van der Waals surface area (Å²) in [6.45, 7) is 9.40. The van der Waals surface area contributed by atoms with E-state index in [0.29, 0.717) is 51.3 Å². The molecule has 0 aliphatic carbocycles. The van der Waals surface area contributed by atoms with Gasteiger partial charge in [-0.25, -0.2) is 13.8 Å². The van der Waals surface area contributed by atoms with Gasteiger partial charge in [-0.15, -0.1) is 0 Å². The third-order valence-electron chi connectivity index (χ3n) is 6.09. The van der Waals surface area contributed by atoms with Gasteiger partial charge in [0, 0.05) is 24.4 Å². The van der Waals surface area contributed by atoms with E-state index >= 15 is 4.39 Å². The van der Waals surface area contributed by atoms with E-state index < -0.39 is 12.5 Å². The Kier molecular flexibility index (Phi) is 7.52. The number of alkyl halides is 1. The van der Waals surface area contributed by atoms with Gasteiger partial charge in [0.2, 0.25) is 5.91 Å². The number of pyridine rings is 3. The highest BCUT2D eigenvalue weighted by atomic mass is 19.1. The Morgan fingerprint density at radius 1 is 1.12 bits per heavy atom. The average Bonchev–Trinajstić information content (AvgIpc) is 3.55. The van der Waals surface area contributed by atoms with Crippen LogP contribution in [-0.4, -0.2) is 47.7 Å². The van der Waals surface area contributed by atoms with Gasteiger partial charge in [0.05, 0.1) is 40.2 Å². The number of rotatable bonds is 8. The molecule has 0 fully saturated rings.